The first-order chi connectivity index (χ1) is 11.2. The van der Waals surface area contributed by atoms with Crippen LogP contribution in [0.3, 0.4) is 0 Å². The van der Waals surface area contributed by atoms with Crippen LogP contribution in [0.4, 0.5) is 5.82 Å². The summed E-state index contributed by atoms with van der Waals surface area (Å²) in [5.41, 5.74) is 4.76. The van der Waals surface area contributed by atoms with Crippen molar-refractivity contribution in [3.8, 4) is 0 Å². The van der Waals surface area contributed by atoms with Gasteiger partial charge in [0.05, 0.1) is 17.5 Å². The molecule has 1 aliphatic carbocycles. The fraction of sp³-hybridized carbons (Fsp3) is 0.389. The first-order valence-electron chi connectivity index (χ1n) is 8.23. The van der Waals surface area contributed by atoms with Crippen LogP contribution in [0, 0.1) is 0 Å². The first-order valence-corrected chi connectivity index (χ1v) is 8.23. The van der Waals surface area contributed by atoms with Crippen molar-refractivity contribution in [3.63, 3.8) is 0 Å². The summed E-state index contributed by atoms with van der Waals surface area (Å²) in [5.74, 6) is 1.43. The molecule has 3 aromatic rings. The molecule has 0 aliphatic heterocycles. The van der Waals surface area contributed by atoms with Gasteiger partial charge in [-0.3, -0.25) is 0 Å². The molecule has 5 nitrogen and oxygen atoms in total. The third kappa shape index (κ3) is 2.67. The first kappa shape index (κ1) is 14.2. The molecule has 1 atom stereocenters. The molecule has 1 aromatic carbocycles. The predicted octanol–water partition coefficient (Wildman–Crippen LogP) is 3.45. The smallest absolute Gasteiger partial charge is 0.137 e. The van der Waals surface area contributed by atoms with Crippen LogP contribution >= 0.6 is 0 Å². The largest absolute Gasteiger partial charge is 0.366 e. The lowest BCUT2D eigenvalue weighted by Crippen LogP contribution is -2.28. The lowest BCUT2D eigenvalue weighted by Gasteiger charge is -2.23. The van der Waals surface area contributed by atoms with Crippen LogP contribution in [0.5, 0.6) is 0 Å². The van der Waals surface area contributed by atoms with Gasteiger partial charge in [-0.25, -0.2) is 15.0 Å². The fourth-order valence-electron chi connectivity index (χ4n) is 3.27. The molecule has 4 rings (SSSR count). The van der Waals surface area contributed by atoms with Gasteiger partial charge in [0.15, 0.2) is 0 Å². The average molecular weight is 307 g/mol. The highest BCUT2D eigenvalue weighted by atomic mass is 15.0. The number of hydrogen-bond acceptors (Lipinski definition) is 4. The van der Waals surface area contributed by atoms with Gasteiger partial charge in [0, 0.05) is 23.5 Å². The third-order valence-electron chi connectivity index (χ3n) is 4.65. The van der Waals surface area contributed by atoms with Crippen molar-refractivity contribution >= 4 is 16.7 Å². The Hall–Kier alpha value is -2.43. The maximum Gasteiger partial charge on any atom is 0.137 e. The Morgan fingerprint density at radius 1 is 1.22 bits per heavy atom. The molecule has 0 fully saturated rings. The Kier molecular flexibility index (Phi) is 3.48. The van der Waals surface area contributed by atoms with Gasteiger partial charge in [0.2, 0.25) is 0 Å². The highest BCUT2D eigenvalue weighted by Gasteiger charge is 2.21. The van der Waals surface area contributed by atoms with Crippen LogP contribution in [0.2, 0.25) is 0 Å². The zero-order valence-corrected chi connectivity index (χ0v) is 13.5. The summed E-state index contributed by atoms with van der Waals surface area (Å²) in [4.78, 5) is 16.5. The van der Waals surface area contributed by atoms with Gasteiger partial charge >= 0.3 is 0 Å². The van der Waals surface area contributed by atoms with E-state index in [0.717, 1.165) is 36.0 Å². The number of aryl methyl sites for hydroxylation is 1. The van der Waals surface area contributed by atoms with E-state index < -0.39 is 0 Å². The number of hydrogen-bond donors (Lipinski definition) is 2. The van der Waals surface area contributed by atoms with E-state index in [9.17, 15) is 0 Å². The Balaban J connectivity index is 1.65. The molecule has 0 spiro atoms. The number of nitrogens with zero attached hydrogens (tertiary/aromatic N) is 3. The van der Waals surface area contributed by atoms with E-state index in [1.165, 1.54) is 17.0 Å². The molecule has 0 amide bonds. The molecule has 118 valence electrons. The zero-order chi connectivity index (χ0) is 15.8. The second-order valence-electron chi connectivity index (χ2n) is 6.57. The summed E-state index contributed by atoms with van der Waals surface area (Å²) in [6.45, 7) is 4.41. The van der Waals surface area contributed by atoms with E-state index in [4.69, 9.17) is 0 Å². The van der Waals surface area contributed by atoms with E-state index in [-0.39, 0.29) is 0 Å². The molecule has 2 heterocycles. The van der Waals surface area contributed by atoms with Gasteiger partial charge in [-0.05, 0) is 36.5 Å². The number of nitrogens with one attached hydrogen (secondary N) is 2. The normalized spacial score (nSPS) is 17.4. The molecule has 23 heavy (non-hydrogen) atoms. The summed E-state index contributed by atoms with van der Waals surface area (Å²) in [7, 11) is 0. The number of aromatic amines is 1. The van der Waals surface area contributed by atoms with Gasteiger partial charge in [-0.2, -0.15) is 0 Å². The molecular weight excluding hydrogens is 286 g/mol. The number of H-pyrrole nitrogens is 1. The number of fused-ring (bicyclic) bond motifs is 2. The number of anilines is 1. The maximum absolute atomic E-state index is 4.50. The molecular formula is C18H21N5. The van der Waals surface area contributed by atoms with Gasteiger partial charge in [-0.15, -0.1) is 0 Å². The van der Waals surface area contributed by atoms with Crippen molar-refractivity contribution in [2.24, 2.45) is 0 Å². The van der Waals surface area contributed by atoms with Gasteiger partial charge in [0.1, 0.15) is 12.1 Å². The second-order valence-corrected chi connectivity index (χ2v) is 6.57. The van der Waals surface area contributed by atoms with E-state index >= 15 is 0 Å². The molecule has 5 heteroatoms. The van der Waals surface area contributed by atoms with Crippen molar-refractivity contribution in [2.75, 3.05) is 5.32 Å². The zero-order valence-electron chi connectivity index (χ0n) is 13.5. The molecule has 2 aromatic heterocycles. The quantitative estimate of drug-likeness (QED) is 0.778. The van der Waals surface area contributed by atoms with Crippen molar-refractivity contribution < 1.29 is 0 Å². The highest BCUT2D eigenvalue weighted by molar-refractivity contribution is 5.89. The Morgan fingerprint density at radius 2 is 2.13 bits per heavy atom. The topological polar surface area (TPSA) is 66.5 Å². The summed E-state index contributed by atoms with van der Waals surface area (Å²) in [6, 6.07) is 6.84. The predicted molar refractivity (Wildman–Crippen MR) is 91.7 cm³/mol. The molecule has 0 unspecified atom stereocenters. The van der Waals surface area contributed by atoms with Gasteiger partial charge in [-0.1, -0.05) is 19.9 Å². The number of benzene rings is 1. The molecule has 1 aliphatic rings. The van der Waals surface area contributed by atoms with Crippen LogP contribution < -0.4 is 5.32 Å². The lowest BCUT2D eigenvalue weighted by atomic mass is 9.96. The highest BCUT2D eigenvalue weighted by Crippen LogP contribution is 2.27. The van der Waals surface area contributed by atoms with E-state index in [0.29, 0.717) is 12.0 Å². The maximum atomic E-state index is 4.50. The van der Waals surface area contributed by atoms with Crippen molar-refractivity contribution in [2.45, 2.75) is 45.1 Å². The average Bonchev–Trinajstić information content (AvgIpc) is 3.02. The minimum absolute atomic E-state index is 0.378. The van der Waals surface area contributed by atoms with Gasteiger partial charge in [0.25, 0.3) is 0 Å². The Labute approximate surface area is 135 Å². The van der Waals surface area contributed by atoms with Crippen LogP contribution in [0.15, 0.2) is 30.9 Å². The molecule has 2 N–H and O–H groups in total. The molecule has 0 radical (unpaired) electrons. The SMILES string of the molecule is CC(C)c1ccc2ncnc(N[C@H]3CCc4nc[nH]c4C3)c2c1. The van der Waals surface area contributed by atoms with E-state index in [1.807, 2.05) is 0 Å². The minimum atomic E-state index is 0.378. The molecule has 0 saturated carbocycles. The lowest BCUT2D eigenvalue weighted by molar-refractivity contribution is 0.596. The monoisotopic (exact) mass is 307 g/mol. The molecule has 0 bridgehead atoms. The number of imidazole rings is 1. The molecule has 0 saturated heterocycles. The van der Waals surface area contributed by atoms with Gasteiger partial charge < -0.3 is 10.3 Å². The van der Waals surface area contributed by atoms with Crippen LogP contribution in [0.25, 0.3) is 10.9 Å². The summed E-state index contributed by atoms with van der Waals surface area (Å²) >= 11 is 0. The summed E-state index contributed by atoms with van der Waals surface area (Å²) in [5, 5.41) is 4.73. The summed E-state index contributed by atoms with van der Waals surface area (Å²) in [6.07, 6.45) is 6.49. The number of rotatable bonds is 3. The second kappa shape index (κ2) is 5.65. The summed E-state index contributed by atoms with van der Waals surface area (Å²) < 4.78 is 0. The standard InChI is InChI=1S/C18H21N5/c1-11(2)12-3-5-15-14(7-12)18(22-10-19-15)23-13-4-6-16-17(8-13)21-9-20-16/h3,5,7,9-11,13H,4,6,8H2,1-2H3,(H,20,21)(H,19,22,23)/t13-/m0/s1. The van der Waals surface area contributed by atoms with Crippen LogP contribution in [-0.2, 0) is 12.8 Å². The number of aromatic nitrogens is 4. The van der Waals surface area contributed by atoms with Crippen molar-refractivity contribution in [1.29, 1.82) is 0 Å². The minimum Gasteiger partial charge on any atom is -0.366 e. The van der Waals surface area contributed by atoms with Crippen molar-refractivity contribution in [1.82, 2.24) is 19.9 Å². The van der Waals surface area contributed by atoms with Crippen LogP contribution in [-0.4, -0.2) is 26.0 Å². The fourth-order valence-corrected chi connectivity index (χ4v) is 3.27. The Bertz CT molecular complexity index is 836. The third-order valence-corrected chi connectivity index (χ3v) is 4.65. The van der Waals surface area contributed by atoms with E-state index in [2.05, 4.69) is 57.3 Å². The van der Waals surface area contributed by atoms with E-state index in [1.54, 1.807) is 12.7 Å². The Morgan fingerprint density at radius 3 is 3.00 bits per heavy atom. The van der Waals surface area contributed by atoms with Crippen LogP contribution in [0.1, 0.15) is 43.1 Å². The van der Waals surface area contributed by atoms with Crippen molar-refractivity contribution in [3.05, 3.63) is 47.8 Å².